The number of halogens is 2. The van der Waals surface area contributed by atoms with Gasteiger partial charge in [0.15, 0.2) is 0 Å². The predicted octanol–water partition coefficient (Wildman–Crippen LogP) is 4.07. The Labute approximate surface area is 166 Å². The molecule has 7 heteroatoms. The largest absolute Gasteiger partial charge is 0.341 e. The van der Waals surface area contributed by atoms with Crippen LogP contribution < -0.4 is 5.32 Å². The molecule has 2 heterocycles. The molecule has 0 aliphatic carbocycles. The van der Waals surface area contributed by atoms with Gasteiger partial charge >= 0.3 is 0 Å². The average Bonchev–Trinajstić information content (AvgIpc) is 3.27. The number of hydrogen-bond acceptors (Lipinski definition) is 2. The van der Waals surface area contributed by atoms with E-state index < -0.39 is 6.04 Å². The maximum atomic E-state index is 13.3. The molecule has 4 aromatic rings. The summed E-state index contributed by atoms with van der Waals surface area (Å²) in [5.74, 6) is 0.152. The number of aryl methyl sites for hydroxylation is 1. The summed E-state index contributed by atoms with van der Waals surface area (Å²) < 4.78 is 17.0. The Balaban J connectivity index is 1.61. The Morgan fingerprint density at radius 3 is 2.68 bits per heavy atom. The quantitative estimate of drug-likeness (QED) is 0.552. The summed E-state index contributed by atoms with van der Waals surface area (Å²) in [6.07, 6.45) is 5.33. The minimum absolute atomic E-state index is 0.131. The molecule has 1 atom stereocenters. The van der Waals surface area contributed by atoms with E-state index in [2.05, 4.69) is 10.3 Å². The predicted molar refractivity (Wildman–Crippen MR) is 107 cm³/mol. The van der Waals surface area contributed by atoms with Gasteiger partial charge in [0.1, 0.15) is 24.2 Å². The molecule has 142 valence electrons. The van der Waals surface area contributed by atoms with Crippen molar-refractivity contribution < 1.29 is 9.18 Å². The van der Waals surface area contributed by atoms with Gasteiger partial charge in [-0.05, 0) is 41.3 Å². The highest BCUT2D eigenvalue weighted by molar-refractivity contribution is 6.31. The van der Waals surface area contributed by atoms with E-state index in [1.165, 1.54) is 12.1 Å². The highest BCUT2D eigenvalue weighted by atomic mass is 35.5. The van der Waals surface area contributed by atoms with Gasteiger partial charge in [-0.3, -0.25) is 4.79 Å². The van der Waals surface area contributed by atoms with Gasteiger partial charge in [-0.25, -0.2) is 9.37 Å². The molecule has 0 saturated carbocycles. The minimum atomic E-state index is -0.487. The number of aromatic nitrogens is 3. The molecule has 2 aromatic carbocycles. The summed E-state index contributed by atoms with van der Waals surface area (Å²) in [6.45, 7) is 0.131. The average molecular weight is 397 g/mol. The first kappa shape index (κ1) is 18.3. The van der Waals surface area contributed by atoms with Crippen molar-refractivity contribution in [1.29, 1.82) is 0 Å². The third-order valence-electron chi connectivity index (χ3n) is 4.68. The van der Waals surface area contributed by atoms with E-state index in [0.717, 1.165) is 16.5 Å². The summed E-state index contributed by atoms with van der Waals surface area (Å²) in [7, 11) is 1.85. The van der Waals surface area contributed by atoms with Gasteiger partial charge in [0.2, 0.25) is 5.91 Å². The number of rotatable bonds is 5. The van der Waals surface area contributed by atoms with Crippen molar-refractivity contribution in [2.45, 2.75) is 12.6 Å². The van der Waals surface area contributed by atoms with Gasteiger partial charge in [0, 0.05) is 36.2 Å². The zero-order valence-corrected chi connectivity index (χ0v) is 15.9. The Morgan fingerprint density at radius 1 is 1.18 bits per heavy atom. The van der Waals surface area contributed by atoms with Crippen LogP contribution in [-0.4, -0.2) is 20.0 Å². The van der Waals surface area contributed by atoms with Crippen LogP contribution in [0.3, 0.4) is 0 Å². The Bertz CT molecular complexity index is 1130. The van der Waals surface area contributed by atoms with Crippen molar-refractivity contribution >= 4 is 28.4 Å². The monoisotopic (exact) mass is 396 g/mol. The van der Waals surface area contributed by atoms with Crippen LogP contribution in [0.4, 0.5) is 4.39 Å². The fraction of sp³-hybridized carbons (Fsp3) is 0.143. The first-order valence-electron chi connectivity index (χ1n) is 8.78. The normalized spacial score (nSPS) is 12.2. The molecule has 0 bridgehead atoms. The van der Waals surface area contributed by atoms with E-state index in [1.54, 1.807) is 24.5 Å². The molecule has 2 aromatic heterocycles. The molecule has 0 spiro atoms. The summed E-state index contributed by atoms with van der Waals surface area (Å²) in [5.41, 5.74) is 1.64. The SMILES string of the molecule is Cn1ccnc1C(NC(=O)Cn1ccc2ccc(Cl)cc21)c1ccc(F)cc1. The standard InChI is InChI=1S/C21H18ClFN4O/c1-26-11-9-24-21(26)20(15-3-6-17(23)7-4-15)25-19(28)13-27-10-8-14-2-5-16(22)12-18(14)27/h2-12,20H,13H2,1H3,(H,25,28). The lowest BCUT2D eigenvalue weighted by Crippen LogP contribution is -2.33. The second kappa shape index (κ2) is 7.48. The number of hydrogen-bond donors (Lipinski definition) is 1. The summed E-state index contributed by atoms with van der Waals surface area (Å²) in [4.78, 5) is 17.2. The number of carbonyl (C=O) groups is 1. The Hall–Kier alpha value is -3.12. The van der Waals surface area contributed by atoms with Gasteiger partial charge < -0.3 is 14.5 Å². The van der Waals surface area contributed by atoms with E-state index in [1.807, 2.05) is 46.6 Å². The van der Waals surface area contributed by atoms with E-state index in [4.69, 9.17) is 11.6 Å². The van der Waals surface area contributed by atoms with E-state index in [9.17, 15) is 9.18 Å². The smallest absolute Gasteiger partial charge is 0.240 e. The van der Waals surface area contributed by atoms with Crippen LogP contribution in [0.15, 0.2) is 67.1 Å². The number of nitrogens with zero attached hydrogens (tertiary/aromatic N) is 3. The van der Waals surface area contributed by atoms with Crippen LogP contribution in [0.25, 0.3) is 10.9 Å². The second-order valence-electron chi connectivity index (χ2n) is 6.60. The van der Waals surface area contributed by atoms with Crippen molar-refractivity contribution in [2.24, 2.45) is 7.05 Å². The number of fused-ring (bicyclic) bond motifs is 1. The van der Waals surface area contributed by atoms with E-state index in [-0.39, 0.29) is 18.3 Å². The lowest BCUT2D eigenvalue weighted by Gasteiger charge is -2.19. The molecule has 5 nitrogen and oxygen atoms in total. The van der Waals surface area contributed by atoms with Crippen molar-refractivity contribution in [3.8, 4) is 0 Å². The van der Waals surface area contributed by atoms with Crippen LogP contribution >= 0.6 is 11.6 Å². The van der Waals surface area contributed by atoms with Crippen LogP contribution in [0.1, 0.15) is 17.4 Å². The van der Waals surface area contributed by atoms with Crippen molar-refractivity contribution in [3.05, 3.63) is 89.3 Å². The van der Waals surface area contributed by atoms with Crippen LogP contribution in [0.2, 0.25) is 5.02 Å². The van der Waals surface area contributed by atoms with Gasteiger partial charge in [0.05, 0.1) is 0 Å². The Kier molecular flexibility index (Phi) is 4.88. The van der Waals surface area contributed by atoms with Gasteiger partial charge in [-0.2, -0.15) is 0 Å². The van der Waals surface area contributed by atoms with Crippen molar-refractivity contribution in [2.75, 3.05) is 0 Å². The molecule has 4 rings (SSSR count). The van der Waals surface area contributed by atoms with Gasteiger partial charge in [-0.1, -0.05) is 29.8 Å². The van der Waals surface area contributed by atoms with Gasteiger partial charge in [0.25, 0.3) is 0 Å². The first-order valence-corrected chi connectivity index (χ1v) is 9.15. The highest BCUT2D eigenvalue weighted by Gasteiger charge is 2.21. The van der Waals surface area contributed by atoms with Crippen LogP contribution in [0.5, 0.6) is 0 Å². The van der Waals surface area contributed by atoms with Gasteiger partial charge in [-0.15, -0.1) is 0 Å². The number of amides is 1. The zero-order valence-electron chi connectivity index (χ0n) is 15.1. The molecule has 1 N–H and O–H groups in total. The lowest BCUT2D eigenvalue weighted by molar-refractivity contribution is -0.122. The maximum Gasteiger partial charge on any atom is 0.240 e. The number of carbonyl (C=O) groups excluding carboxylic acids is 1. The van der Waals surface area contributed by atoms with Crippen molar-refractivity contribution in [3.63, 3.8) is 0 Å². The van der Waals surface area contributed by atoms with E-state index in [0.29, 0.717) is 10.8 Å². The zero-order chi connectivity index (χ0) is 19.7. The number of nitrogens with one attached hydrogen (secondary N) is 1. The van der Waals surface area contributed by atoms with Crippen molar-refractivity contribution in [1.82, 2.24) is 19.4 Å². The molecule has 0 fully saturated rings. The van der Waals surface area contributed by atoms with Crippen LogP contribution in [0, 0.1) is 5.82 Å². The molecule has 0 saturated heterocycles. The maximum absolute atomic E-state index is 13.3. The molecule has 1 amide bonds. The molecular formula is C21H18ClFN4O. The summed E-state index contributed by atoms with van der Waals surface area (Å²) in [6, 6.07) is 13.1. The summed E-state index contributed by atoms with van der Waals surface area (Å²) >= 11 is 6.09. The molecule has 0 radical (unpaired) electrons. The number of benzene rings is 2. The topological polar surface area (TPSA) is 51.9 Å². The second-order valence-corrected chi connectivity index (χ2v) is 7.03. The summed E-state index contributed by atoms with van der Waals surface area (Å²) in [5, 5.41) is 4.64. The third-order valence-corrected chi connectivity index (χ3v) is 4.91. The number of imidazole rings is 1. The lowest BCUT2D eigenvalue weighted by atomic mass is 10.1. The molecular weight excluding hydrogens is 379 g/mol. The molecule has 0 aliphatic heterocycles. The minimum Gasteiger partial charge on any atom is -0.341 e. The van der Waals surface area contributed by atoms with E-state index >= 15 is 0 Å². The highest BCUT2D eigenvalue weighted by Crippen LogP contribution is 2.22. The fourth-order valence-corrected chi connectivity index (χ4v) is 3.43. The van der Waals surface area contributed by atoms with Crippen LogP contribution in [-0.2, 0) is 18.4 Å². The molecule has 0 aliphatic rings. The molecule has 28 heavy (non-hydrogen) atoms. The molecule has 1 unspecified atom stereocenters. The third kappa shape index (κ3) is 3.64. The first-order chi connectivity index (χ1) is 13.5. The fourth-order valence-electron chi connectivity index (χ4n) is 3.26. The Morgan fingerprint density at radius 2 is 1.96 bits per heavy atom.